The van der Waals surface area contributed by atoms with E-state index in [1.807, 2.05) is 13.8 Å². The Balaban J connectivity index is 1.89. The van der Waals surface area contributed by atoms with Crippen LogP contribution in [0.2, 0.25) is 0 Å². The van der Waals surface area contributed by atoms with Crippen LogP contribution in [0.15, 0.2) is 48.5 Å². The molecular formula is C20H22O7. The molecule has 7 heteroatoms. The molecule has 0 spiro atoms. The van der Waals surface area contributed by atoms with Gasteiger partial charge in [-0.3, -0.25) is 0 Å². The molecule has 27 heavy (non-hydrogen) atoms. The van der Waals surface area contributed by atoms with E-state index < -0.39 is 11.9 Å². The first kappa shape index (κ1) is 20.4. The zero-order chi connectivity index (χ0) is 19.5. The maximum Gasteiger partial charge on any atom is 0.340 e. The van der Waals surface area contributed by atoms with E-state index in [4.69, 9.17) is 23.7 Å². The van der Waals surface area contributed by atoms with Crippen molar-refractivity contribution in [3.8, 4) is 11.5 Å². The van der Waals surface area contributed by atoms with Crippen LogP contribution in [0.3, 0.4) is 0 Å². The van der Waals surface area contributed by atoms with E-state index >= 15 is 0 Å². The van der Waals surface area contributed by atoms with Crippen molar-refractivity contribution in [3.05, 3.63) is 59.7 Å². The number of ether oxygens (including phenoxy) is 5. The Bertz CT molecular complexity index is 660. The molecule has 2 aromatic rings. The first-order valence-corrected chi connectivity index (χ1v) is 8.51. The standard InChI is InChI=1S/C20H22O7/c1-3-23-13-25-19(21)15-5-9-17(10-6-15)27-18-11-7-16(8-12-18)20(22)26-14-24-4-2/h5-12H,3-4,13-14H2,1-2H3. The molecule has 7 nitrogen and oxygen atoms in total. The third-order valence-corrected chi connectivity index (χ3v) is 3.37. The second-order valence-electron chi connectivity index (χ2n) is 5.24. The summed E-state index contributed by atoms with van der Waals surface area (Å²) < 4.78 is 25.5. The van der Waals surface area contributed by atoms with Gasteiger partial charge in [0.25, 0.3) is 0 Å². The van der Waals surface area contributed by atoms with Gasteiger partial charge in [0.05, 0.1) is 11.1 Å². The van der Waals surface area contributed by atoms with Crippen molar-refractivity contribution >= 4 is 11.9 Å². The molecule has 0 heterocycles. The molecule has 0 aliphatic rings. The molecule has 2 rings (SSSR count). The third kappa shape index (κ3) is 6.73. The zero-order valence-corrected chi connectivity index (χ0v) is 15.3. The average molecular weight is 374 g/mol. The minimum absolute atomic E-state index is 0.0765. The molecule has 0 unspecified atom stereocenters. The van der Waals surface area contributed by atoms with Crippen LogP contribution in [0.4, 0.5) is 0 Å². The van der Waals surface area contributed by atoms with Crippen molar-refractivity contribution in [1.29, 1.82) is 0 Å². The highest BCUT2D eigenvalue weighted by Gasteiger charge is 2.09. The van der Waals surface area contributed by atoms with Gasteiger partial charge in [0.15, 0.2) is 13.6 Å². The van der Waals surface area contributed by atoms with Crippen molar-refractivity contribution < 1.29 is 33.3 Å². The summed E-state index contributed by atoms with van der Waals surface area (Å²) in [4.78, 5) is 23.6. The van der Waals surface area contributed by atoms with Crippen LogP contribution in [-0.2, 0) is 18.9 Å². The lowest BCUT2D eigenvalue weighted by Crippen LogP contribution is -2.08. The van der Waals surface area contributed by atoms with Gasteiger partial charge >= 0.3 is 11.9 Å². The fourth-order valence-electron chi connectivity index (χ4n) is 1.98. The Labute approximate surface area is 157 Å². The van der Waals surface area contributed by atoms with Crippen LogP contribution in [0.5, 0.6) is 11.5 Å². The van der Waals surface area contributed by atoms with Crippen molar-refractivity contribution in [2.75, 3.05) is 26.8 Å². The van der Waals surface area contributed by atoms with Crippen LogP contribution in [-0.4, -0.2) is 38.7 Å². The van der Waals surface area contributed by atoms with Crippen molar-refractivity contribution in [2.45, 2.75) is 13.8 Å². The lowest BCUT2D eigenvalue weighted by atomic mass is 10.2. The molecule has 0 aliphatic heterocycles. The highest BCUT2D eigenvalue weighted by Crippen LogP contribution is 2.22. The summed E-state index contributed by atoms with van der Waals surface area (Å²) in [5.74, 6) is 0.154. The van der Waals surface area contributed by atoms with Gasteiger partial charge in [0, 0.05) is 13.2 Å². The van der Waals surface area contributed by atoms with Gasteiger partial charge in [-0.25, -0.2) is 9.59 Å². The van der Waals surface area contributed by atoms with E-state index in [9.17, 15) is 9.59 Å². The van der Waals surface area contributed by atoms with Crippen molar-refractivity contribution in [2.24, 2.45) is 0 Å². The zero-order valence-electron chi connectivity index (χ0n) is 15.3. The second-order valence-corrected chi connectivity index (χ2v) is 5.24. The lowest BCUT2D eigenvalue weighted by Gasteiger charge is -2.08. The van der Waals surface area contributed by atoms with Gasteiger partial charge in [-0.15, -0.1) is 0 Å². The van der Waals surface area contributed by atoms with Crippen LogP contribution < -0.4 is 4.74 Å². The van der Waals surface area contributed by atoms with E-state index in [-0.39, 0.29) is 13.6 Å². The Morgan fingerprint density at radius 2 is 1.04 bits per heavy atom. The Morgan fingerprint density at radius 3 is 1.37 bits per heavy atom. The third-order valence-electron chi connectivity index (χ3n) is 3.37. The lowest BCUT2D eigenvalue weighted by molar-refractivity contribution is -0.0282. The molecule has 0 aromatic heterocycles. The largest absolute Gasteiger partial charge is 0.457 e. The molecule has 0 radical (unpaired) electrons. The fraction of sp³-hybridized carbons (Fsp3) is 0.300. The summed E-state index contributed by atoms with van der Waals surface area (Å²) in [5.41, 5.74) is 0.795. The van der Waals surface area contributed by atoms with Crippen molar-refractivity contribution in [3.63, 3.8) is 0 Å². The van der Waals surface area contributed by atoms with Crippen molar-refractivity contribution in [1.82, 2.24) is 0 Å². The Kier molecular flexibility index (Phi) is 8.28. The average Bonchev–Trinajstić information content (AvgIpc) is 2.69. The first-order valence-electron chi connectivity index (χ1n) is 8.51. The highest BCUT2D eigenvalue weighted by molar-refractivity contribution is 5.90. The van der Waals surface area contributed by atoms with Gasteiger partial charge < -0.3 is 23.7 Å². The summed E-state index contributed by atoms with van der Waals surface area (Å²) in [6.07, 6.45) is 0. The molecule has 0 atom stereocenters. The molecule has 0 aliphatic carbocycles. The fourth-order valence-corrected chi connectivity index (χ4v) is 1.98. The van der Waals surface area contributed by atoms with E-state index in [0.29, 0.717) is 35.8 Å². The van der Waals surface area contributed by atoms with Gasteiger partial charge in [-0.05, 0) is 62.4 Å². The van der Waals surface area contributed by atoms with E-state index in [2.05, 4.69) is 0 Å². The maximum atomic E-state index is 11.8. The number of carbonyl (C=O) groups excluding carboxylic acids is 2. The second kappa shape index (κ2) is 10.9. The number of hydrogen-bond acceptors (Lipinski definition) is 7. The molecule has 0 bridgehead atoms. The van der Waals surface area contributed by atoms with Gasteiger partial charge in [0.2, 0.25) is 0 Å². The highest BCUT2D eigenvalue weighted by atomic mass is 16.7. The summed E-state index contributed by atoms with van der Waals surface area (Å²) >= 11 is 0. The Hall–Kier alpha value is -2.90. The predicted octanol–water partition coefficient (Wildman–Crippen LogP) is 3.78. The first-order chi connectivity index (χ1) is 13.1. The topological polar surface area (TPSA) is 80.3 Å². The minimum atomic E-state index is -0.468. The molecular weight excluding hydrogens is 352 g/mol. The molecule has 2 aromatic carbocycles. The summed E-state index contributed by atoms with van der Waals surface area (Å²) in [7, 11) is 0. The predicted molar refractivity (Wildman–Crippen MR) is 96.8 cm³/mol. The molecule has 0 N–H and O–H groups in total. The number of rotatable bonds is 10. The molecule has 0 saturated carbocycles. The molecule has 0 amide bonds. The number of hydrogen-bond donors (Lipinski definition) is 0. The molecule has 144 valence electrons. The van der Waals surface area contributed by atoms with Crippen LogP contribution in [0.1, 0.15) is 34.6 Å². The van der Waals surface area contributed by atoms with Crippen LogP contribution >= 0.6 is 0 Å². The number of esters is 2. The molecule has 0 saturated heterocycles. The SMILES string of the molecule is CCOCOC(=O)c1ccc(Oc2ccc(C(=O)OCOCC)cc2)cc1. The number of carbonyl (C=O) groups is 2. The van der Waals surface area contributed by atoms with Gasteiger partial charge in [-0.2, -0.15) is 0 Å². The van der Waals surface area contributed by atoms with Gasteiger partial charge in [0.1, 0.15) is 11.5 Å². The van der Waals surface area contributed by atoms with Gasteiger partial charge in [-0.1, -0.05) is 0 Å². The van der Waals surface area contributed by atoms with E-state index in [1.54, 1.807) is 48.5 Å². The summed E-state index contributed by atoms with van der Waals surface area (Å²) in [5, 5.41) is 0. The smallest absolute Gasteiger partial charge is 0.340 e. The van der Waals surface area contributed by atoms with E-state index in [1.165, 1.54) is 0 Å². The maximum absolute atomic E-state index is 11.8. The van der Waals surface area contributed by atoms with E-state index in [0.717, 1.165) is 0 Å². The Morgan fingerprint density at radius 1 is 0.667 bits per heavy atom. The normalized spacial score (nSPS) is 10.3. The minimum Gasteiger partial charge on any atom is -0.457 e. The quantitative estimate of drug-likeness (QED) is 0.356. The number of benzene rings is 2. The molecule has 0 fully saturated rings. The van der Waals surface area contributed by atoms with Crippen LogP contribution in [0, 0.1) is 0 Å². The summed E-state index contributed by atoms with van der Waals surface area (Å²) in [6.45, 7) is 4.43. The summed E-state index contributed by atoms with van der Waals surface area (Å²) in [6, 6.07) is 13.0. The van der Waals surface area contributed by atoms with Crippen LogP contribution in [0.25, 0.3) is 0 Å². The monoisotopic (exact) mass is 374 g/mol.